The fraction of sp³-hybridized carbons (Fsp3) is 0.933. The zero-order valence-corrected chi connectivity index (χ0v) is 21.9. The molecule has 0 aliphatic heterocycles. The third-order valence-electron chi connectivity index (χ3n) is 13.4. The van der Waals surface area contributed by atoms with Crippen LogP contribution in [0, 0.1) is 56.7 Å². The van der Waals surface area contributed by atoms with E-state index in [-0.39, 0.29) is 16.9 Å². The van der Waals surface area contributed by atoms with Crippen LogP contribution in [0.15, 0.2) is 11.6 Å². The summed E-state index contributed by atoms with van der Waals surface area (Å²) in [6.07, 6.45) is 14.3. The van der Waals surface area contributed by atoms with E-state index in [0.717, 1.165) is 30.6 Å². The van der Waals surface area contributed by atoms with Gasteiger partial charge in [-0.05, 0) is 110 Å². The molecule has 1 N–H and O–H groups in total. The molecule has 5 rings (SSSR count). The molecule has 5 aliphatic carbocycles. The first-order valence-corrected chi connectivity index (χ1v) is 13.7. The second-order valence-corrected chi connectivity index (χ2v) is 14.7. The summed E-state index contributed by atoms with van der Waals surface area (Å²) >= 11 is 0. The molecule has 0 aromatic carbocycles. The summed E-state index contributed by atoms with van der Waals surface area (Å²) in [5.74, 6) is 3.71. The molecule has 4 fully saturated rings. The van der Waals surface area contributed by atoms with Gasteiger partial charge >= 0.3 is 0 Å². The molecule has 0 aromatic rings. The van der Waals surface area contributed by atoms with Gasteiger partial charge in [-0.2, -0.15) is 0 Å². The van der Waals surface area contributed by atoms with Crippen molar-refractivity contribution in [2.75, 3.05) is 0 Å². The topological polar surface area (TPSA) is 20.2 Å². The number of aliphatic hydroxyl groups excluding tert-OH is 1. The quantitative estimate of drug-likeness (QED) is 0.389. The van der Waals surface area contributed by atoms with Gasteiger partial charge in [-0.1, -0.05) is 66.5 Å². The van der Waals surface area contributed by atoms with Gasteiger partial charge in [0.2, 0.25) is 0 Å². The third kappa shape index (κ3) is 2.65. The van der Waals surface area contributed by atoms with Crippen LogP contribution < -0.4 is 0 Å². The number of aliphatic hydroxyl groups is 1. The van der Waals surface area contributed by atoms with Crippen LogP contribution in [0.2, 0.25) is 0 Å². The Kier molecular flexibility index (Phi) is 4.82. The Hall–Kier alpha value is -0.300. The van der Waals surface area contributed by atoms with Crippen LogP contribution in [-0.4, -0.2) is 11.2 Å². The van der Waals surface area contributed by atoms with Crippen LogP contribution in [-0.2, 0) is 0 Å². The Morgan fingerprint density at radius 1 is 0.839 bits per heavy atom. The summed E-state index contributed by atoms with van der Waals surface area (Å²) in [6.45, 7) is 20.4. The second kappa shape index (κ2) is 6.64. The van der Waals surface area contributed by atoms with Gasteiger partial charge in [0.15, 0.2) is 0 Å². The lowest BCUT2D eigenvalue weighted by molar-refractivity contribution is -0.260. The van der Waals surface area contributed by atoms with Crippen LogP contribution in [0.25, 0.3) is 0 Å². The number of hydrogen-bond donors (Lipinski definition) is 1. The van der Waals surface area contributed by atoms with E-state index >= 15 is 0 Å². The summed E-state index contributed by atoms with van der Waals surface area (Å²) in [4.78, 5) is 0. The molecule has 0 saturated heterocycles. The first-order chi connectivity index (χ1) is 14.3. The van der Waals surface area contributed by atoms with Crippen molar-refractivity contribution < 1.29 is 5.11 Å². The zero-order chi connectivity index (χ0) is 22.6. The molecule has 1 heteroatoms. The van der Waals surface area contributed by atoms with E-state index < -0.39 is 0 Å². The average molecular weight is 427 g/mol. The van der Waals surface area contributed by atoms with E-state index in [0.29, 0.717) is 28.1 Å². The first kappa shape index (κ1) is 22.5. The van der Waals surface area contributed by atoms with Crippen molar-refractivity contribution in [2.45, 2.75) is 119 Å². The fourth-order valence-corrected chi connectivity index (χ4v) is 11.4. The van der Waals surface area contributed by atoms with E-state index in [1.807, 2.05) is 0 Å². The van der Waals surface area contributed by atoms with E-state index in [1.54, 1.807) is 5.57 Å². The Balaban J connectivity index is 1.58. The molecule has 31 heavy (non-hydrogen) atoms. The van der Waals surface area contributed by atoms with Gasteiger partial charge in [-0.15, -0.1) is 0 Å². The molecule has 5 aliphatic rings. The molecule has 1 nitrogen and oxygen atoms in total. The van der Waals surface area contributed by atoms with Crippen molar-refractivity contribution in [3.63, 3.8) is 0 Å². The highest BCUT2D eigenvalue weighted by Crippen LogP contribution is 2.76. The lowest BCUT2D eigenvalue weighted by Gasteiger charge is -2.74. The number of fused-ring (bicyclic) bond motifs is 7. The summed E-state index contributed by atoms with van der Waals surface area (Å²) in [6, 6.07) is 0. The van der Waals surface area contributed by atoms with E-state index in [2.05, 4.69) is 61.5 Å². The second-order valence-electron chi connectivity index (χ2n) is 14.7. The van der Waals surface area contributed by atoms with Crippen LogP contribution in [0.3, 0.4) is 0 Å². The highest BCUT2D eigenvalue weighted by atomic mass is 16.3. The maximum atomic E-state index is 11.7. The fourth-order valence-electron chi connectivity index (χ4n) is 11.4. The van der Waals surface area contributed by atoms with E-state index in [4.69, 9.17) is 0 Å². The van der Waals surface area contributed by atoms with Crippen molar-refractivity contribution in [2.24, 2.45) is 56.7 Å². The van der Waals surface area contributed by atoms with Crippen molar-refractivity contribution in [1.29, 1.82) is 0 Å². The van der Waals surface area contributed by atoms with Gasteiger partial charge in [-0.3, -0.25) is 0 Å². The van der Waals surface area contributed by atoms with Crippen LogP contribution in [0.1, 0.15) is 113 Å². The van der Waals surface area contributed by atoms with Gasteiger partial charge in [-0.25, -0.2) is 0 Å². The summed E-state index contributed by atoms with van der Waals surface area (Å²) < 4.78 is 0. The van der Waals surface area contributed by atoms with E-state index in [9.17, 15) is 5.11 Å². The lowest BCUT2D eigenvalue weighted by Crippen LogP contribution is -2.68. The highest BCUT2D eigenvalue weighted by molar-refractivity contribution is 5.23. The minimum atomic E-state index is -0.158. The molecule has 0 aromatic heterocycles. The van der Waals surface area contributed by atoms with Gasteiger partial charge < -0.3 is 5.11 Å². The number of hydrogen-bond acceptors (Lipinski definition) is 1. The summed E-state index contributed by atoms with van der Waals surface area (Å²) in [5, 5.41) is 11.7. The molecule has 0 spiro atoms. The number of allylic oxidation sites excluding steroid dienone is 2. The van der Waals surface area contributed by atoms with Crippen molar-refractivity contribution in [3.8, 4) is 0 Å². The van der Waals surface area contributed by atoms with Crippen molar-refractivity contribution in [3.05, 3.63) is 11.6 Å². The molecule has 0 bridgehead atoms. The largest absolute Gasteiger partial charge is 0.393 e. The monoisotopic (exact) mass is 426 g/mol. The maximum absolute atomic E-state index is 11.7. The standard InChI is InChI=1S/C30H50O/c1-19-12-16-28(6)24(31)18-30(8)21(25(28)20(19)2)10-11-23-27(5)15-9-14-26(3,4)22(27)13-17-29(23,30)7/h12,20-25,31H,9-11,13-18H2,1-8H3/t20-,21+,22-,23+,24?,25-,27-,28+,29+,30+/m0/s1. The summed E-state index contributed by atoms with van der Waals surface area (Å²) in [5.41, 5.74) is 3.27. The predicted molar refractivity (Wildman–Crippen MR) is 131 cm³/mol. The van der Waals surface area contributed by atoms with Crippen LogP contribution in [0.4, 0.5) is 0 Å². The molecular weight excluding hydrogens is 376 g/mol. The van der Waals surface area contributed by atoms with Crippen LogP contribution >= 0.6 is 0 Å². The molecule has 1 unspecified atom stereocenters. The molecule has 176 valence electrons. The average Bonchev–Trinajstić information content (AvgIpc) is 2.66. The molecule has 0 heterocycles. The van der Waals surface area contributed by atoms with Gasteiger partial charge in [0.1, 0.15) is 0 Å². The molecular formula is C30H50O. The SMILES string of the molecule is CC1=CC[C@]2(C)C(O)C[C@]3(C)[C@H](CC[C@@H]4[C@@]5(C)CCCC(C)(C)[C@@H]5CC[C@]43C)[C@@H]2[C@H]1C. The Labute approximate surface area is 192 Å². The minimum Gasteiger partial charge on any atom is -0.393 e. The van der Waals surface area contributed by atoms with Gasteiger partial charge in [0.05, 0.1) is 6.10 Å². The Bertz CT molecular complexity index is 779. The molecule has 0 radical (unpaired) electrons. The normalized spacial score (nSPS) is 58.3. The maximum Gasteiger partial charge on any atom is 0.0605 e. The Morgan fingerprint density at radius 2 is 1.55 bits per heavy atom. The first-order valence-electron chi connectivity index (χ1n) is 13.7. The number of rotatable bonds is 0. The lowest BCUT2D eigenvalue weighted by atomic mass is 9.31. The smallest absolute Gasteiger partial charge is 0.0605 e. The zero-order valence-electron chi connectivity index (χ0n) is 21.9. The summed E-state index contributed by atoms with van der Waals surface area (Å²) in [7, 11) is 0. The van der Waals surface area contributed by atoms with Crippen LogP contribution in [0.5, 0.6) is 0 Å². The molecule has 0 amide bonds. The van der Waals surface area contributed by atoms with E-state index in [1.165, 1.54) is 44.9 Å². The van der Waals surface area contributed by atoms with Gasteiger partial charge in [0.25, 0.3) is 0 Å². The molecule has 10 atom stereocenters. The highest BCUT2D eigenvalue weighted by Gasteiger charge is 2.70. The van der Waals surface area contributed by atoms with Crippen molar-refractivity contribution >= 4 is 0 Å². The predicted octanol–water partition coefficient (Wildman–Crippen LogP) is 8.02. The molecule has 4 saturated carbocycles. The van der Waals surface area contributed by atoms with Crippen molar-refractivity contribution in [1.82, 2.24) is 0 Å². The Morgan fingerprint density at radius 3 is 2.26 bits per heavy atom. The third-order valence-corrected chi connectivity index (χ3v) is 13.4. The minimum absolute atomic E-state index is 0.0697. The van der Waals surface area contributed by atoms with Gasteiger partial charge in [0, 0.05) is 5.41 Å².